The molecule has 0 aliphatic carbocycles. The summed E-state index contributed by atoms with van der Waals surface area (Å²) in [6.07, 6.45) is -3.06. The molecule has 0 aromatic heterocycles. The van der Waals surface area contributed by atoms with Crippen LogP contribution in [0.3, 0.4) is 0 Å². The Morgan fingerprint density at radius 2 is 1.91 bits per heavy atom. The summed E-state index contributed by atoms with van der Waals surface area (Å²) in [4.78, 5) is -0.336. The van der Waals surface area contributed by atoms with E-state index in [1.165, 1.54) is 13.1 Å². The van der Waals surface area contributed by atoms with Gasteiger partial charge in [-0.25, -0.2) is 12.7 Å². The number of hydrogen-bond acceptors (Lipinski definition) is 3. The number of rotatable bonds is 4. The Labute approximate surface area is 127 Å². The first-order valence-electron chi connectivity index (χ1n) is 6.92. The fraction of sp³-hybridized carbons (Fsp3) is 0.571. The van der Waals surface area contributed by atoms with Gasteiger partial charge in [-0.1, -0.05) is 6.07 Å². The van der Waals surface area contributed by atoms with Crippen LogP contribution in [0.4, 0.5) is 13.2 Å². The Morgan fingerprint density at radius 1 is 1.27 bits per heavy atom. The molecule has 1 heterocycles. The smallest absolute Gasteiger partial charge is 0.381 e. The molecule has 4 nitrogen and oxygen atoms in total. The highest BCUT2D eigenvalue weighted by molar-refractivity contribution is 7.89. The molecule has 22 heavy (non-hydrogen) atoms. The van der Waals surface area contributed by atoms with Crippen LogP contribution in [-0.2, 0) is 20.9 Å². The van der Waals surface area contributed by atoms with Crippen molar-refractivity contribution in [2.45, 2.75) is 23.9 Å². The molecular formula is C14H18F3NO3S. The summed E-state index contributed by atoms with van der Waals surface area (Å²) in [7, 11) is -2.53. The van der Waals surface area contributed by atoms with Crippen molar-refractivity contribution in [3.8, 4) is 0 Å². The molecular weight excluding hydrogens is 319 g/mol. The van der Waals surface area contributed by atoms with E-state index in [4.69, 9.17) is 4.74 Å². The molecule has 1 aliphatic heterocycles. The van der Waals surface area contributed by atoms with Crippen LogP contribution in [0.25, 0.3) is 0 Å². The second-order valence-electron chi connectivity index (χ2n) is 5.37. The minimum absolute atomic E-state index is 0.166. The van der Waals surface area contributed by atoms with Gasteiger partial charge in [0.2, 0.25) is 10.0 Å². The van der Waals surface area contributed by atoms with Gasteiger partial charge in [0, 0.05) is 26.8 Å². The van der Waals surface area contributed by atoms with E-state index >= 15 is 0 Å². The molecule has 0 saturated carbocycles. The minimum atomic E-state index is -4.56. The number of benzene rings is 1. The molecule has 1 aliphatic rings. The van der Waals surface area contributed by atoms with Crippen molar-refractivity contribution in [3.05, 3.63) is 29.8 Å². The normalized spacial score (nSPS) is 17.9. The molecule has 0 spiro atoms. The standard InChI is InChI=1S/C14H18F3NO3S/c1-18(10-11-5-7-21-8-6-11)22(19,20)13-4-2-3-12(9-13)14(15,16)17/h2-4,9,11H,5-8,10H2,1H3. The molecule has 1 saturated heterocycles. The Balaban J connectivity index is 2.18. The fourth-order valence-corrected chi connectivity index (χ4v) is 3.70. The number of ether oxygens (including phenoxy) is 1. The van der Waals surface area contributed by atoms with Gasteiger partial charge in [-0.3, -0.25) is 0 Å². The molecule has 0 radical (unpaired) electrons. The molecule has 1 aromatic rings. The molecule has 0 bridgehead atoms. The van der Waals surface area contributed by atoms with Gasteiger partial charge in [0.15, 0.2) is 0 Å². The van der Waals surface area contributed by atoms with Crippen LogP contribution >= 0.6 is 0 Å². The van der Waals surface area contributed by atoms with Gasteiger partial charge in [-0.15, -0.1) is 0 Å². The van der Waals surface area contributed by atoms with E-state index in [2.05, 4.69) is 0 Å². The highest BCUT2D eigenvalue weighted by Crippen LogP contribution is 2.31. The van der Waals surface area contributed by atoms with Crippen molar-refractivity contribution in [3.63, 3.8) is 0 Å². The first-order valence-corrected chi connectivity index (χ1v) is 8.36. The predicted molar refractivity (Wildman–Crippen MR) is 74.8 cm³/mol. The van der Waals surface area contributed by atoms with E-state index in [9.17, 15) is 21.6 Å². The summed E-state index contributed by atoms with van der Waals surface area (Å²) < 4.78 is 69.3. The SMILES string of the molecule is CN(CC1CCOCC1)S(=O)(=O)c1cccc(C(F)(F)F)c1. The van der Waals surface area contributed by atoms with Crippen LogP contribution < -0.4 is 0 Å². The maximum Gasteiger partial charge on any atom is 0.416 e. The largest absolute Gasteiger partial charge is 0.416 e. The van der Waals surface area contributed by atoms with E-state index in [1.807, 2.05) is 0 Å². The molecule has 0 unspecified atom stereocenters. The Hall–Kier alpha value is -1.12. The monoisotopic (exact) mass is 337 g/mol. The summed E-state index contributed by atoms with van der Waals surface area (Å²) in [6.45, 7) is 1.45. The zero-order valence-electron chi connectivity index (χ0n) is 12.1. The minimum Gasteiger partial charge on any atom is -0.381 e. The van der Waals surface area contributed by atoms with Gasteiger partial charge in [0.25, 0.3) is 0 Å². The summed E-state index contributed by atoms with van der Waals surface area (Å²) in [5.74, 6) is 0.166. The molecule has 0 N–H and O–H groups in total. The van der Waals surface area contributed by atoms with Crippen molar-refractivity contribution in [2.24, 2.45) is 5.92 Å². The van der Waals surface area contributed by atoms with E-state index in [1.54, 1.807) is 0 Å². The zero-order valence-corrected chi connectivity index (χ0v) is 13.0. The van der Waals surface area contributed by atoms with Crippen LogP contribution in [0.1, 0.15) is 18.4 Å². The summed E-state index contributed by atoms with van der Waals surface area (Å²) in [5.41, 5.74) is -0.965. The molecule has 1 fully saturated rings. The third kappa shape index (κ3) is 3.99. The number of alkyl halides is 3. The molecule has 0 amide bonds. The third-order valence-corrected chi connectivity index (χ3v) is 5.55. The molecule has 8 heteroatoms. The van der Waals surface area contributed by atoms with Crippen molar-refractivity contribution in [1.82, 2.24) is 4.31 Å². The third-order valence-electron chi connectivity index (χ3n) is 3.73. The fourth-order valence-electron chi connectivity index (χ4n) is 2.40. The van der Waals surface area contributed by atoms with Crippen molar-refractivity contribution in [1.29, 1.82) is 0 Å². The number of sulfonamides is 1. The van der Waals surface area contributed by atoms with Crippen LogP contribution in [0.5, 0.6) is 0 Å². The lowest BCUT2D eigenvalue weighted by Gasteiger charge is -2.26. The van der Waals surface area contributed by atoms with Crippen LogP contribution in [0.2, 0.25) is 0 Å². The Bertz CT molecular complexity index is 610. The van der Waals surface area contributed by atoms with Crippen LogP contribution in [-0.4, -0.2) is 39.5 Å². The summed E-state index contributed by atoms with van der Waals surface area (Å²) in [6, 6.07) is 3.83. The quantitative estimate of drug-likeness (QED) is 0.849. The van der Waals surface area contributed by atoms with E-state index in [0.29, 0.717) is 19.3 Å². The Kier molecular flexibility index (Phi) is 5.14. The molecule has 2 rings (SSSR count). The second-order valence-corrected chi connectivity index (χ2v) is 7.41. The average molecular weight is 337 g/mol. The highest BCUT2D eigenvalue weighted by atomic mass is 32.2. The van der Waals surface area contributed by atoms with Crippen molar-refractivity contribution in [2.75, 3.05) is 26.8 Å². The Morgan fingerprint density at radius 3 is 2.50 bits per heavy atom. The highest BCUT2D eigenvalue weighted by Gasteiger charge is 2.32. The van der Waals surface area contributed by atoms with E-state index in [0.717, 1.165) is 29.3 Å². The number of nitrogens with zero attached hydrogens (tertiary/aromatic N) is 1. The molecule has 124 valence electrons. The second kappa shape index (κ2) is 6.55. The average Bonchev–Trinajstić information content (AvgIpc) is 2.47. The van der Waals surface area contributed by atoms with Crippen molar-refractivity contribution >= 4 is 10.0 Å². The predicted octanol–water partition coefficient (Wildman–Crippen LogP) is 2.75. The van der Waals surface area contributed by atoms with Crippen molar-refractivity contribution < 1.29 is 26.3 Å². The first-order chi connectivity index (χ1) is 10.2. The lowest BCUT2D eigenvalue weighted by molar-refractivity contribution is -0.137. The van der Waals surface area contributed by atoms with Gasteiger partial charge in [0.05, 0.1) is 10.5 Å². The summed E-state index contributed by atoms with van der Waals surface area (Å²) in [5, 5.41) is 0. The molecule has 1 aromatic carbocycles. The van der Waals surface area contributed by atoms with Crippen LogP contribution in [0.15, 0.2) is 29.2 Å². The van der Waals surface area contributed by atoms with Gasteiger partial charge in [-0.2, -0.15) is 13.2 Å². The van der Waals surface area contributed by atoms with Gasteiger partial charge in [-0.05, 0) is 37.0 Å². The summed E-state index contributed by atoms with van der Waals surface area (Å²) >= 11 is 0. The zero-order chi connectivity index (χ0) is 16.4. The topological polar surface area (TPSA) is 46.6 Å². The van der Waals surface area contributed by atoms with Gasteiger partial charge < -0.3 is 4.74 Å². The number of hydrogen-bond donors (Lipinski definition) is 0. The van der Waals surface area contributed by atoms with Gasteiger partial charge >= 0.3 is 6.18 Å². The van der Waals surface area contributed by atoms with Gasteiger partial charge in [0.1, 0.15) is 0 Å². The first kappa shape index (κ1) is 17.2. The molecule has 0 atom stereocenters. The lowest BCUT2D eigenvalue weighted by Crippen LogP contribution is -2.34. The van der Waals surface area contributed by atoms with E-state index < -0.39 is 21.8 Å². The number of halogens is 3. The maximum atomic E-state index is 12.7. The van der Waals surface area contributed by atoms with E-state index in [-0.39, 0.29) is 17.4 Å². The van der Waals surface area contributed by atoms with Crippen LogP contribution in [0, 0.1) is 5.92 Å². The lowest BCUT2D eigenvalue weighted by atomic mass is 10.0. The maximum absolute atomic E-state index is 12.7.